The van der Waals surface area contributed by atoms with Gasteiger partial charge in [0.15, 0.2) is 0 Å². The fraction of sp³-hybridized carbons (Fsp3) is 0.520. The number of para-hydroxylation sites is 1. The summed E-state index contributed by atoms with van der Waals surface area (Å²) in [4.78, 5) is 62.7. The molecule has 3 amide bonds. The van der Waals surface area contributed by atoms with Gasteiger partial charge >= 0.3 is 13.5 Å². The average molecular weight is 964 g/mol. The maximum absolute atomic E-state index is 16.9. The summed E-state index contributed by atoms with van der Waals surface area (Å²) in [5.74, 6) is -3.60. The fourth-order valence-corrected chi connectivity index (χ4v) is 13.3. The number of esters is 1. The minimum atomic E-state index is -4.57. The third-order valence-corrected chi connectivity index (χ3v) is 17.3. The zero-order valence-electron chi connectivity index (χ0n) is 38.5. The van der Waals surface area contributed by atoms with E-state index in [1.165, 1.54) is 43.7 Å². The van der Waals surface area contributed by atoms with E-state index in [-0.39, 0.29) is 77.5 Å². The summed E-state index contributed by atoms with van der Waals surface area (Å²) in [5, 5.41) is 6.13. The normalized spacial score (nSPS) is 24.0. The third-order valence-electron chi connectivity index (χ3n) is 14.0. The molecule has 3 aliphatic heterocycles. The SMILES string of the molecule is CCCOC(=O)C(C)(C)NP(=O)(Oc1ccccc1)[C@@H](F)c1ccc2sc(C(=O)N[C@H]3CC[C@H](N(C)CCC(F)F)C[C@H]4CC[C@@H](C(=O)N5C[C@H](c6ccccc6)CC56CC6)N4C3=O)cc2c1. The molecule has 17 heteroatoms. The average Bonchev–Trinajstić information content (AvgIpc) is 3.59. The number of carbonyl (C=O) groups excluding carboxylic acids is 4. The second-order valence-corrected chi connectivity index (χ2v) is 22.4. The minimum absolute atomic E-state index is 0.0178. The topological polar surface area (TPSA) is 138 Å². The van der Waals surface area contributed by atoms with Crippen molar-refractivity contribution in [3.8, 4) is 5.75 Å². The van der Waals surface area contributed by atoms with Gasteiger partial charge in [-0.3, -0.25) is 23.7 Å². The van der Waals surface area contributed by atoms with E-state index >= 15 is 4.39 Å². The van der Waals surface area contributed by atoms with Gasteiger partial charge in [-0.1, -0.05) is 61.5 Å². The summed E-state index contributed by atoms with van der Waals surface area (Å²) in [5.41, 5.74) is -0.652. The first kappa shape index (κ1) is 48.7. The van der Waals surface area contributed by atoms with Gasteiger partial charge < -0.3 is 29.3 Å². The van der Waals surface area contributed by atoms with E-state index in [4.69, 9.17) is 9.26 Å². The molecule has 1 aliphatic carbocycles. The molecule has 4 aromatic rings. The molecule has 1 spiro atoms. The molecule has 1 aromatic heterocycles. The van der Waals surface area contributed by atoms with Crippen LogP contribution in [0.2, 0.25) is 0 Å². The van der Waals surface area contributed by atoms with Crippen molar-refractivity contribution in [3.05, 3.63) is 101 Å². The molecule has 3 saturated heterocycles. The number of nitrogens with one attached hydrogen (secondary N) is 2. The van der Waals surface area contributed by atoms with Crippen molar-refractivity contribution in [1.82, 2.24) is 25.1 Å². The highest BCUT2D eigenvalue weighted by Gasteiger charge is 2.59. The van der Waals surface area contributed by atoms with Crippen molar-refractivity contribution < 1.29 is 46.2 Å². The standard InChI is InChI=1S/C50H61F3N5O7PS/c1-5-26-64-48(62)49(2,3)55-66(63,65-38-14-10-7-11-15-38)44(53)33-16-21-41-34(27-33)28-42(67-41)45(59)54-39-19-17-36(56(4)25-22-43(51)52)29-37-18-20-40(58(37)46(39)60)47(61)57-31-35(30-50(57)23-24-50)32-12-8-6-9-13-32/h6-16,21,27-28,35-37,39-40,43-44H,5,17-20,22-26,29-31H2,1-4H3,(H,54,59)(H,55,63)/t35-,36+,37-,39+,40+,44-,66?/m1/s1. The van der Waals surface area contributed by atoms with Gasteiger partial charge in [-0.2, -0.15) is 0 Å². The van der Waals surface area contributed by atoms with E-state index in [0.717, 1.165) is 30.6 Å². The van der Waals surface area contributed by atoms with E-state index in [1.807, 2.05) is 42.0 Å². The van der Waals surface area contributed by atoms with E-state index in [0.29, 0.717) is 48.7 Å². The maximum Gasteiger partial charge on any atom is 0.355 e. The molecule has 12 nitrogen and oxygen atoms in total. The van der Waals surface area contributed by atoms with Gasteiger partial charge in [0.25, 0.3) is 5.91 Å². The molecule has 67 heavy (non-hydrogen) atoms. The van der Waals surface area contributed by atoms with Crippen LogP contribution in [0, 0.1) is 0 Å². The Bertz CT molecular complexity index is 2470. The number of alkyl halides is 3. The number of rotatable bonds is 17. The van der Waals surface area contributed by atoms with Gasteiger partial charge in [0.2, 0.25) is 24.2 Å². The number of nitrogens with zero attached hydrogens (tertiary/aromatic N) is 3. The van der Waals surface area contributed by atoms with Crippen molar-refractivity contribution in [2.75, 3.05) is 26.7 Å². The molecule has 4 heterocycles. The lowest BCUT2D eigenvalue weighted by atomic mass is 9.93. The monoisotopic (exact) mass is 963 g/mol. The Hall–Kier alpha value is -4.76. The Morgan fingerprint density at radius 3 is 2.37 bits per heavy atom. The Kier molecular flexibility index (Phi) is 14.6. The van der Waals surface area contributed by atoms with Gasteiger partial charge in [0.1, 0.15) is 23.4 Å². The molecule has 3 aromatic carbocycles. The van der Waals surface area contributed by atoms with Crippen LogP contribution in [0.1, 0.15) is 118 Å². The van der Waals surface area contributed by atoms with E-state index in [9.17, 15) is 32.5 Å². The van der Waals surface area contributed by atoms with Crippen LogP contribution in [-0.2, 0) is 23.7 Å². The van der Waals surface area contributed by atoms with Crippen molar-refractivity contribution in [3.63, 3.8) is 0 Å². The zero-order valence-corrected chi connectivity index (χ0v) is 40.2. The molecular formula is C50H61F3N5O7PS. The van der Waals surface area contributed by atoms with E-state index < -0.39 is 49.4 Å². The third kappa shape index (κ3) is 10.6. The smallest absolute Gasteiger partial charge is 0.355 e. The summed E-state index contributed by atoms with van der Waals surface area (Å²) in [7, 11) is -2.75. The Balaban J connectivity index is 1.03. The summed E-state index contributed by atoms with van der Waals surface area (Å²) < 4.78 is 70.1. The number of halogens is 3. The summed E-state index contributed by atoms with van der Waals surface area (Å²) in [6, 6.07) is 22.2. The fourth-order valence-electron chi connectivity index (χ4n) is 10.2. The lowest BCUT2D eigenvalue weighted by molar-refractivity contribution is -0.149. The number of amides is 3. The van der Waals surface area contributed by atoms with Gasteiger partial charge in [0, 0.05) is 47.8 Å². The van der Waals surface area contributed by atoms with Crippen LogP contribution in [0.4, 0.5) is 13.2 Å². The van der Waals surface area contributed by atoms with Crippen LogP contribution >= 0.6 is 18.9 Å². The zero-order chi connectivity index (χ0) is 47.7. The molecule has 2 N–H and O–H groups in total. The molecular weight excluding hydrogens is 903 g/mol. The second-order valence-electron chi connectivity index (χ2n) is 19.2. The van der Waals surface area contributed by atoms with Gasteiger partial charge in [-0.05, 0) is 126 Å². The molecule has 360 valence electrons. The van der Waals surface area contributed by atoms with Crippen molar-refractivity contribution in [1.29, 1.82) is 0 Å². The van der Waals surface area contributed by atoms with Gasteiger partial charge in [0.05, 0.1) is 11.5 Å². The van der Waals surface area contributed by atoms with Gasteiger partial charge in [-0.15, -0.1) is 11.3 Å². The van der Waals surface area contributed by atoms with Crippen LogP contribution < -0.4 is 14.9 Å². The molecule has 0 radical (unpaired) electrons. The number of carbonyl (C=O) groups is 4. The Morgan fingerprint density at radius 1 is 0.970 bits per heavy atom. The number of likely N-dealkylation sites (tertiary alicyclic amines) is 1. The number of ether oxygens (including phenoxy) is 1. The summed E-state index contributed by atoms with van der Waals surface area (Å²) in [6.45, 7) is 5.58. The number of thiophene rings is 1. The maximum atomic E-state index is 16.9. The number of fused-ring (bicyclic) bond motifs is 2. The molecule has 4 aliphatic rings. The quantitative estimate of drug-likeness (QED) is 0.0783. The van der Waals surface area contributed by atoms with Crippen LogP contribution in [0.15, 0.2) is 84.9 Å². The largest absolute Gasteiger partial charge is 0.464 e. The predicted molar refractivity (Wildman–Crippen MR) is 252 cm³/mol. The first-order valence-electron chi connectivity index (χ1n) is 23.5. The van der Waals surface area contributed by atoms with Crippen molar-refractivity contribution >= 4 is 52.6 Å². The lowest BCUT2D eigenvalue weighted by Gasteiger charge is -2.41. The molecule has 8 rings (SSSR count). The molecule has 1 saturated carbocycles. The van der Waals surface area contributed by atoms with Crippen LogP contribution in [0.25, 0.3) is 10.1 Å². The molecule has 7 atom stereocenters. The molecule has 1 unspecified atom stereocenters. The molecule has 4 fully saturated rings. The highest BCUT2D eigenvalue weighted by Crippen LogP contribution is 2.59. The number of hydrogen-bond acceptors (Lipinski definition) is 9. The molecule has 0 bridgehead atoms. The van der Waals surface area contributed by atoms with Crippen LogP contribution in [-0.4, -0.2) is 107 Å². The summed E-state index contributed by atoms with van der Waals surface area (Å²) in [6.07, 6.45) is 2.78. The summed E-state index contributed by atoms with van der Waals surface area (Å²) >= 11 is 1.14. The van der Waals surface area contributed by atoms with Gasteiger partial charge in [-0.25, -0.2) is 18.3 Å². The Labute approximate surface area is 394 Å². The first-order chi connectivity index (χ1) is 32.0. The highest BCUT2D eigenvalue weighted by molar-refractivity contribution is 7.57. The van der Waals surface area contributed by atoms with Crippen molar-refractivity contribution in [2.45, 2.75) is 138 Å². The first-order valence-corrected chi connectivity index (χ1v) is 26.0. The Morgan fingerprint density at radius 2 is 1.69 bits per heavy atom. The predicted octanol–water partition coefficient (Wildman–Crippen LogP) is 9.61. The van der Waals surface area contributed by atoms with Crippen LogP contribution in [0.3, 0.4) is 0 Å². The number of benzene rings is 3. The second kappa shape index (κ2) is 20.1. The number of hydrogen-bond donors (Lipinski definition) is 2. The highest BCUT2D eigenvalue weighted by atomic mass is 32.1. The van der Waals surface area contributed by atoms with E-state index in [1.54, 1.807) is 35.2 Å². The minimum Gasteiger partial charge on any atom is -0.464 e. The van der Waals surface area contributed by atoms with Crippen molar-refractivity contribution in [2.24, 2.45) is 0 Å². The lowest BCUT2D eigenvalue weighted by Crippen LogP contribution is -2.59. The van der Waals surface area contributed by atoms with E-state index in [2.05, 4.69) is 22.5 Å². The van der Waals surface area contributed by atoms with Crippen LogP contribution in [0.5, 0.6) is 5.75 Å².